The van der Waals surface area contributed by atoms with E-state index in [-0.39, 0.29) is 43.5 Å². The SMILES string of the molecule is C[C@@H]1CCOC(=O)C=CC=CC(=O)O[C@@H]2C[C@H]3O[C@@H]4[C@@H]5OC5(C)CCC4(COC(=O)[C@H]1O)[C@]2(C)[C@@]31CO1. The highest BCUT2D eigenvalue weighted by molar-refractivity contribution is 5.84. The predicted molar refractivity (Wildman–Crippen MR) is 125 cm³/mol. The molecule has 2 aliphatic carbocycles. The summed E-state index contributed by atoms with van der Waals surface area (Å²) in [6.07, 6.45) is 4.66. The number of aliphatic hydroxyl groups is 1. The molecule has 0 radical (unpaired) electrons. The van der Waals surface area contributed by atoms with Crippen LogP contribution >= 0.6 is 0 Å². The van der Waals surface area contributed by atoms with Gasteiger partial charge in [-0.15, -0.1) is 0 Å². The molecule has 10 atom stereocenters. The van der Waals surface area contributed by atoms with Crippen LogP contribution in [0.4, 0.5) is 0 Å². The van der Waals surface area contributed by atoms with E-state index in [1.807, 2.05) is 0 Å². The number of epoxide rings is 2. The smallest absolute Gasteiger partial charge is 0.335 e. The zero-order valence-electron chi connectivity index (χ0n) is 21.3. The number of hydrogen-bond acceptors (Lipinski definition) is 10. The molecule has 2 bridgehead atoms. The Balaban J connectivity index is 1.37. The second-order valence-corrected chi connectivity index (χ2v) is 11.8. The first-order chi connectivity index (χ1) is 17.6. The van der Waals surface area contributed by atoms with Crippen molar-refractivity contribution in [3.8, 4) is 0 Å². The fraction of sp³-hybridized carbons (Fsp3) is 0.741. The van der Waals surface area contributed by atoms with E-state index in [0.29, 0.717) is 19.4 Å². The molecule has 2 unspecified atom stereocenters. The Morgan fingerprint density at radius 1 is 0.946 bits per heavy atom. The number of fused-ring (bicyclic) bond motifs is 2. The van der Waals surface area contributed by atoms with Crippen LogP contribution in [0.2, 0.25) is 0 Å². The molecular formula is C27H34O10. The molecular weight excluding hydrogens is 484 g/mol. The van der Waals surface area contributed by atoms with Crippen LogP contribution in [0.15, 0.2) is 24.3 Å². The summed E-state index contributed by atoms with van der Waals surface area (Å²) in [6, 6.07) is 0. The molecule has 37 heavy (non-hydrogen) atoms. The van der Waals surface area contributed by atoms with E-state index >= 15 is 0 Å². The monoisotopic (exact) mass is 518 g/mol. The van der Waals surface area contributed by atoms with Gasteiger partial charge < -0.3 is 33.5 Å². The van der Waals surface area contributed by atoms with Crippen LogP contribution in [0, 0.1) is 16.7 Å². The minimum atomic E-state index is -1.38. The fourth-order valence-electron chi connectivity index (χ4n) is 7.36. The van der Waals surface area contributed by atoms with E-state index < -0.39 is 52.5 Å². The standard InChI is InChI=1S/C27H34O10/c1-15-8-11-32-18(28)6-4-5-7-19(29)35-16-12-17-27(14-34-27)25(16,3)26(13-33-23(31)20(15)30)10-9-24(2)21(37-24)22(26)36-17/h4-7,15-17,20-22,30H,8-14H2,1-3H3/t15-,16-,17-,20+,21+,22-,24?,25-,26?,27-/m1/s1. The normalized spacial score (nSPS) is 51.2. The molecule has 5 fully saturated rings. The zero-order valence-corrected chi connectivity index (χ0v) is 21.3. The first-order valence-electron chi connectivity index (χ1n) is 13.1. The fourth-order valence-corrected chi connectivity index (χ4v) is 7.36. The molecule has 10 heteroatoms. The van der Waals surface area contributed by atoms with Crippen LogP contribution in [-0.2, 0) is 42.8 Å². The van der Waals surface area contributed by atoms with Gasteiger partial charge in [-0.05, 0) is 32.1 Å². The maximum atomic E-state index is 13.0. The molecule has 0 amide bonds. The second-order valence-electron chi connectivity index (χ2n) is 11.8. The average Bonchev–Trinajstić information content (AvgIpc) is 3.77. The van der Waals surface area contributed by atoms with Crippen molar-refractivity contribution in [2.24, 2.45) is 16.7 Å². The van der Waals surface area contributed by atoms with Crippen molar-refractivity contribution in [2.45, 2.75) is 88.2 Å². The van der Waals surface area contributed by atoms with Crippen LogP contribution in [-0.4, -0.2) is 84.6 Å². The Morgan fingerprint density at radius 2 is 1.68 bits per heavy atom. The van der Waals surface area contributed by atoms with E-state index in [9.17, 15) is 19.5 Å². The lowest BCUT2D eigenvalue weighted by Crippen LogP contribution is -2.69. The Labute approximate surface area is 215 Å². The van der Waals surface area contributed by atoms with Crippen molar-refractivity contribution < 1.29 is 47.9 Å². The van der Waals surface area contributed by atoms with Gasteiger partial charge in [0.1, 0.15) is 24.4 Å². The Morgan fingerprint density at radius 3 is 2.41 bits per heavy atom. The summed E-state index contributed by atoms with van der Waals surface area (Å²) in [5, 5.41) is 10.7. The van der Waals surface area contributed by atoms with Crippen LogP contribution in [0.3, 0.4) is 0 Å². The number of carbonyl (C=O) groups excluding carboxylic acids is 3. The number of esters is 3. The molecule has 4 heterocycles. The third kappa shape index (κ3) is 3.56. The van der Waals surface area contributed by atoms with Gasteiger partial charge in [0.05, 0.1) is 36.4 Å². The summed E-state index contributed by atoms with van der Waals surface area (Å²) in [7, 11) is 0. The number of cyclic esters (lactones) is 2. The lowest BCUT2D eigenvalue weighted by molar-refractivity contribution is -0.252. The number of carbonyl (C=O) groups is 3. The summed E-state index contributed by atoms with van der Waals surface area (Å²) >= 11 is 0. The number of aliphatic hydroxyl groups excluding tert-OH is 1. The van der Waals surface area contributed by atoms with E-state index in [1.165, 1.54) is 24.3 Å². The molecule has 0 aromatic carbocycles. The molecule has 3 saturated heterocycles. The van der Waals surface area contributed by atoms with Crippen molar-refractivity contribution in [1.82, 2.24) is 0 Å². The summed E-state index contributed by atoms with van der Waals surface area (Å²) in [5.74, 6) is -2.38. The number of hydrogen-bond donors (Lipinski definition) is 1. The maximum Gasteiger partial charge on any atom is 0.335 e. The van der Waals surface area contributed by atoms with Crippen molar-refractivity contribution in [2.75, 3.05) is 19.8 Å². The third-order valence-corrected chi connectivity index (χ3v) is 10.0. The van der Waals surface area contributed by atoms with Crippen molar-refractivity contribution in [3.63, 3.8) is 0 Å². The second kappa shape index (κ2) is 8.36. The molecule has 4 aliphatic heterocycles. The molecule has 2 spiro atoms. The third-order valence-electron chi connectivity index (χ3n) is 10.0. The van der Waals surface area contributed by atoms with E-state index in [0.717, 1.165) is 6.42 Å². The van der Waals surface area contributed by atoms with Gasteiger partial charge in [-0.2, -0.15) is 0 Å². The minimum absolute atomic E-state index is 0.0217. The number of rotatable bonds is 0. The summed E-state index contributed by atoms with van der Waals surface area (Å²) in [4.78, 5) is 37.7. The molecule has 2 saturated carbocycles. The quantitative estimate of drug-likeness (QED) is 0.285. The van der Waals surface area contributed by atoms with E-state index in [1.54, 1.807) is 6.92 Å². The Bertz CT molecular complexity index is 1060. The first-order valence-corrected chi connectivity index (χ1v) is 13.1. The highest BCUT2D eigenvalue weighted by atomic mass is 16.7. The molecule has 202 valence electrons. The molecule has 10 nitrogen and oxygen atoms in total. The largest absolute Gasteiger partial charge is 0.463 e. The van der Waals surface area contributed by atoms with Gasteiger partial charge in [-0.3, -0.25) is 0 Å². The first kappa shape index (κ1) is 25.0. The summed E-state index contributed by atoms with van der Waals surface area (Å²) < 4.78 is 35.9. The van der Waals surface area contributed by atoms with Crippen LogP contribution < -0.4 is 0 Å². The molecule has 1 N–H and O–H groups in total. The molecule has 0 aromatic heterocycles. The predicted octanol–water partition coefficient (Wildman–Crippen LogP) is 1.38. The molecule has 6 aliphatic rings. The van der Waals surface area contributed by atoms with Crippen molar-refractivity contribution in [3.05, 3.63) is 24.3 Å². The topological polar surface area (TPSA) is 133 Å². The van der Waals surface area contributed by atoms with Gasteiger partial charge in [0, 0.05) is 24.0 Å². The zero-order chi connectivity index (χ0) is 26.2. The molecule has 0 aromatic rings. The lowest BCUT2D eigenvalue weighted by Gasteiger charge is -2.58. The average molecular weight is 519 g/mol. The van der Waals surface area contributed by atoms with E-state index in [2.05, 4.69) is 13.8 Å². The summed E-state index contributed by atoms with van der Waals surface area (Å²) in [5.41, 5.74) is -2.40. The molecule has 6 rings (SSSR count). The van der Waals surface area contributed by atoms with Crippen molar-refractivity contribution >= 4 is 17.9 Å². The maximum absolute atomic E-state index is 13.0. The minimum Gasteiger partial charge on any atom is -0.463 e. The van der Waals surface area contributed by atoms with Gasteiger partial charge in [0.2, 0.25) is 0 Å². The van der Waals surface area contributed by atoms with Crippen LogP contribution in [0.5, 0.6) is 0 Å². The van der Waals surface area contributed by atoms with Gasteiger partial charge in [0.25, 0.3) is 0 Å². The van der Waals surface area contributed by atoms with Gasteiger partial charge in [-0.25, -0.2) is 14.4 Å². The highest BCUT2D eigenvalue weighted by Crippen LogP contribution is 2.75. The number of ether oxygens (including phenoxy) is 6. The number of allylic oxidation sites excluding steroid dienone is 2. The lowest BCUT2D eigenvalue weighted by atomic mass is 9.50. The van der Waals surface area contributed by atoms with Gasteiger partial charge in [-0.1, -0.05) is 26.0 Å². The van der Waals surface area contributed by atoms with Crippen LogP contribution in [0.1, 0.15) is 46.5 Å². The van der Waals surface area contributed by atoms with Gasteiger partial charge >= 0.3 is 17.9 Å². The van der Waals surface area contributed by atoms with Crippen molar-refractivity contribution in [1.29, 1.82) is 0 Å². The van der Waals surface area contributed by atoms with Gasteiger partial charge in [0.15, 0.2) is 6.10 Å². The summed E-state index contributed by atoms with van der Waals surface area (Å²) in [6.45, 7) is 6.30. The Hall–Kier alpha value is -2.27. The highest BCUT2D eigenvalue weighted by Gasteiger charge is 2.86. The van der Waals surface area contributed by atoms with Crippen LogP contribution in [0.25, 0.3) is 0 Å². The van der Waals surface area contributed by atoms with E-state index in [4.69, 9.17) is 28.4 Å². The Kier molecular flexibility index (Phi) is 5.66.